The third-order valence-corrected chi connectivity index (χ3v) is 3.52. The lowest BCUT2D eigenvalue weighted by Crippen LogP contribution is -2.03. The summed E-state index contributed by atoms with van der Waals surface area (Å²) in [7, 11) is 1.49. The molecule has 0 fully saturated rings. The molecule has 2 aromatic carbocycles. The van der Waals surface area contributed by atoms with Gasteiger partial charge in [-0.3, -0.25) is 4.79 Å². The number of hydrogen-bond acceptors (Lipinski definition) is 3. The van der Waals surface area contributed by atoms with Gasteiger partial charge in [-0.1, -0.05) is 23.2 Å². The minimum atomic E-state index is -0.201. The second kappa shape index (κ2) is 6.83. The third kappa shape index (κ3) is 3.49. The quantitative estimate of drug-likeness (QED) is 0.752. The van der Waals surface area contributed by atoms with E-state index in [0.717, 1.165) is 0 Å². The van der Waals surface area contributed by atoms with E-state index >= 15 is 0 Å². The van der Waals surface area contributed by atoms with Crippen LogP contribution in [0.5, 0.6) is 11.5 Å². The lowest BCUT2D eigenvalue weighted by Gasteiger charge is -2.09. The molecular weight excluding hydrogens is 311 g/mol. The van der Waals surface area contributed by atoms with Crippen molar-refractivity contribution in [1.29, 1.82) is 0 Å². The monoisotopic (exact) mass is 324 g/mol. The zero-order chi connectivity index (χ0) is 15.4. The maximum Gasteiger partial charge on any atom is 0.194 e. The topological polar surface area (TPSA) is 35.5 Å². The number of benzene rings is 2. The van der Waals surface area contributed by atoms with Crippen molar-refractivity contribution in [2.75, 3.05) is 13.7 Å². The van der Waals surface area contributed by atoms with Crippen molar-refractivity contribution in [2.45, 2.75) is 6.92 Å². The largest absolute Gasteiger partial charge is 0.495 e. The second-order valence-corrected chi connectivity index (χ2v) is 5.07. The SMILES string of the molecule is CCOc1ccc(C(=O)c2cc(Cl)c(OC)cc2Cl)cc1. The molecule has 0 spiro atoms. The average Bonchev–Trinajstić information content (AvgIpc) is 2.49. The molecule has 0 saturated carbocycles. The molecule has 0 amide bonds. The number of hydrogen-bond donors (Lipinski definition) is 0. The van der Waals surface area contributed by atoms with E-state index in [1.54, 1.807) is 24.3 Å². The normalized spacial score (nSPS) is 10.3. The minimum absolute atomic E-state index is 0.201. The summed E-state index contributed by atoms with van der Waals surface area (Å²) in [6, 6.07) is 9.93. The van der Waals surface area contributed by atoms with Crippen LogP contribution in [0.1, 0.15) is 22.8 Å². The van der Waals surface area contributed by atoms with Gasteiger partial charge >= 0.3 is 0 Å². The van der Waals surface area contributed by atoms with Gasteiger partial charge < -0.3 is 9.47 Å². The van der Waals surface area contributed by atoms with Crippen molar-refractivity contribution in [3.05, 3.63) is 57.6 Å². The van der Waals surface area contributed by atoms with Gasteiger partial charge in [0.05, 0.1) is 23.8 Å². The molecule has 0 N–H and O–H groups in total. The Bertz CT molecular complexity index is 651. The van der Waals surface area contributed by atoms with E-state index in [1.165, 1.54) is 19.2 Å². The van der Waals surface area contributed by atoms with Gasteiger partial charge in [-0.05, 0) is 37.3 Å². The molecule has 0 aliphatic rings. The number of methoxy groups -OCH3 is 1. The van der Waals surface area contributed by atoms with Gasteiger partial charge in [-0.25, -0.2) is 0 Å². The zero-order valence-electron chi connectivity index (χ0n) is 11.7. The molecule has 21 heavy (non-hydrogen) atoms. The highest BCUT2D eigenvalue weighted by Crippen LogP contribution is 2.32. The summed E-state index contributed by atoms with van der Waals surface area (Å²) in [5, 5.41) is 0.645. The van der Waals surface area contributed by atoms with Crippen LogP contribution in [0.3, 0.4) is 0 Å². The molecule has 0 radical (unpaired) electrons. The van der Waals surface area contributed by atoms with Crippen LogP contribution in [0.25, 0.3) is 0 Å². The molecule has 0 saturated heterocycles. The first-order chi connectivity index (χ1) is 10.1. The Balaban J connectivity index is 2.33. The van der Waals surface area contributed by atoms with E-state index in [-0.39, 0.29) is 5.78 Å². The predicted molar refractivity (Wildman–Crippen MR) is 84.1 cm³/mol. The Hall–Kier alpha value is -1.71. The summed E-state index contributed by atoms with van der Waals surface area (Å²) in [6.45, 7) is 2.48. The second-order valence-electron chi connectivity index (χ2n) is 4.25. The summed E-state index contributed by atoms with van der Waals surface area (Å²) in [4.78, 5) is 12.5. The Morgan fingerprint density at radius 1 is 1.10 bits per heavy atom. The Morgan fingerprint density at radius 3 is 2.33 bits per heavy atom. The molecule has 0 aliphatic carbocycles. The molecule has 0 heterocycles. The molecule has 110 valence electrons. The van der Waals surface area contributed by atoms with E-state index in [2.05, 4.69) is 0 Å². The van der Waals surface area contributed by atoms with Crippen LogP contribution in [0.2, 0.25) is 10.0 Å². The van der Waals surface area contributed by atoms with Crippen LogP contribution in [-0.2, 0) is 0 Å². The fourth-order valence-corrected chi connectivity index (χ4v) is 2.36. The molecule has 0 atom stereocenters. The molecule has 0 unspecified atom stereocenters. The summed E-state index contributed by atoms with van der Waals surface area (Å²) < 4.78 is 10.4. The highest BCUT2D eigenvalue weighted by Gasteiger charge is 2.16. The average molecular weight is 325 g/mol. The van der Waals surface area contributed by atoms with E-state index < -0.39 is 0 Å². The highest BCUT2D eigenvalue weighted by atomic mass is 35.5. The Morgan fingerprint density at radius 2 is 1.76 bits per heavy atom. The van der Waals surface area contributed by atoms with Gasteiger partial charge in [0, 0.05) is 17.2 Å². The summed E-state index contributed by atoms with van der Waals surface area (Å²) in [5.41, 5.74) is 0.855. The van der Waals surface area contributed by atoms with E-state index in [1.807, 2.05) is 6.92 Å². The van der Waals surface area contributed by atoms with Crippen molar-refractivity contribution in [2.24, 2.45) is 0 Å². The van der Waals surface area contributed by atoms with Gasteiger partial charge in [0.25, 0.3) is 0 Å². The molecule has 2 aromatic rings. The van der Waals surface area contributed by atoms with Crippen molar-refractivity contribution in [3.63, 3.8) is 0 Å². The zero-order valence-corrected chi connectivity index (χ0v) is 13.2. The van der Waals surface area contributed by atoms with E-state index in [0.29, 0.717) is 39.3 Å². The van der Waals surface area contributed by atoms with Gasteiger partial charge in [0.1, 0.15) is 11.5 Å². The third-order valence-electron chi connectivity index (χ3n) is 2.91. The van der Waals surface area contributed by atoms with Gasteiger partial charge in [0.2, 0.25) is 0 Å². The van der Waals surface area contributed by atoms with Crippen LogP contribution >= 0.6 is 23.2 Å². The van der Waals surface area contributed by atoms with Gasteiger partial charge in [0.15, 0.2) is 5.78 Å². The first-order valence-corrected chi connectivity index (χ1v) is 7.13. The maximum atomic E-state index is 12.5. The maximum absolute atomic E-state index is 12.5. The van der Waals surface area contributed by atoms with Gasteiger partial charge in [-0.15, -0.1) is 0 Å². The summed E-state index contributed by atoms with van der Waals surface area (Å²) in [5.74, 6) is 0.949. The molecule has 5 heteroatoms. The van der Waals surface area contributed by atoms with Crippen LogP contribution in [0.15, 0.2) is 36.4 Å². The Kier molecular flexibility index (Phi) is 5.10. The van der Waals surface area contributed by atoms with Crippen molar-refractivity contribution < 1.29 is 14.3 Å². The van der Waals surface area contributed by atoms with E-state index in [4.69, 9.17) is 32.7 Å². The molecule has 0 bridgehead atoms. The predicted octanol–water partition coefficient (Wildman–Crippen LogP) is 4.63. The Labute approximate surface area is 133 Å². The van der Waals surface area contributed by atoms with E-state index in [9.17, 15) is 4.79 Å². The van der Waals surface area contributed by atoms with Crippen LogP contribution < -0.4 is 9.47 Å². The van der Waals surface area contributed by atoms with Crippen molar-refractivity contribution in [3.8, 4) is 11.5 Å². The van der Waals surface area contributed by atoms with Crippen molar-refractivity contribution in [1.82, 2.24) is 0 Å². The molecule has 0 aliphatic heterocycles. The number of halogens is 2. The number of rotatable bonds is 5. The van der Waals surface area contributed by atoms with Crippen LogP contribution in [-0.4, -0.2) is 19.5 Å². The number of ether oxygens (including phenoxy) is 2. The lowest BCUT2D eigenvalue weighted by molar-refractivity contribution is 0.103. The minimum Gasteiger partial charge on any atom is -0.495 e. The number of carbonyl (C=O) groups excluding carboxylic acids is 1. The highest BCUT2D eigenvalue weighted by molar-refractivity contribution is 6.37. The first-order valence-electron chi connectivity index (χ1n) is 6.37. The molecule has 0 aromatic heterocycles. The summed E-state index contributed by atoms with van der Waals surface area (Å²) >= 11 is 12.2. The fourth-order valence-electron chi connectivity index (χ4n) is 1.88. The first kappa shape index (κ1) is 15.7. The van der Waals surface area contributed by atoms with Crippen LogP contribution in [0, 0.1) is 0 Å². The smallest absolute Gasteiger partial charge is 0.194 e. The molecular formula is C16H14Cl2O3. The standard InChI is InChI=1S/C16H14Cl2O3/c1-3-21-11-6-4-10(5-7-11)16(19)12-8-14(18)15(20-2)9-13(12)17/h4-9H,3H2,1-2H3. The number of ketones is 1. The summed E-state index contributed by atoms with van der Waals surface area (Å²) in [6.07, 6.45) is 0. The fraction of sp³-hybridized carbons (Fsp3) is 0.188. The number of carbonyl (C=O) groups is 1. The molecule has 3 nitrogen and oxygen atoms in total. The lowest BCUT2D eigenvalue weighted by atomic mass is 10.0. The van der Waals surface area contributed by atoms with Gasteiger partial charge in [-0.2, -0.15) is 0 Å². The van der Waals surface area contributed by atoms with Crippen LogP contribution in [0.4, 0.5) is 0 Å². The van der Waals surface area contributed by atoms with Crippen molar-refractivity contribution >= 4 is 29.0 Å². The molecule has 2 rings (SSSR count).